The van der Waals surface area contributed by atoms with Gasteiger partial charge in [-0.1, -0.05) is 20.8 Å². The van der Waals surface area contributed by atoms with Crippen molar-refractivity contribution in [3.05, 3.63) is 0 Å². The minimum absolute atomic E-state index is 0.121. The normalized spacial score (nSPS) is 38.7. The van der Waals surface area contributed by atoms with Gasteiger partial charge in [-0.25, -0.2) is 0 Å². The van der Waals surface area contributed by atoms with Crippen molar-refractivity contribution in [1.82, 2.24) is 9.80 Å². The van der Waals surface area contributed by atoms with E-state index < -0.39 is 0 Å². The molecule has 3 heteroatoms. The van der Waals surface area contributed by atoms with Crippen LogP contribution in [-0.4, -0.2) is 59.8 Å². The number of likely N-dealkylation sites (tertiary alicyclic amines) is 2. The Bertz CT molecular complexity index is 351. The molecular weight excluding hydrogens is 272 g/mol. The fourth-order valence-electron chi connectivity index (χ4n) is 5.00. The lowest BCUT2D eigenvalue weighted by molar-refractivity contribution is 0.0970. The largest absolute Gasteiger partial charge is 0.390 e. The van der Waals surface area contributed by atoms with Gasteiger partial charge in [0.15, 0.2) is 0 Å². The SMILES string of the molecule is CC(C)(C)C1CCC(CN2C[C@H](O)[C@@H](N3CCCC3)C2)CC1. The van der Waals surface area contributed by atoms with Crippen molar-refractivity contribution in [1.29, 1.82) is 0 Å². The van der Waals surface area contributed by atoms with Gasteiger partial charge in [0.25, 0.3) is 0 Å². The molecule has 1 aliphatic carbocycles. The average molecular weight is 309 g/mol. The Hall–Kier alpha value is -0.120. The first-order valence-corrected chi connectivity index (χ1v) is 9.58. The molecule has 1 N–H and O–H groups in total. The van der Waals surface area contributed by atoms with Crippen LogP contribution >= 0.6 is 0 Å². The summed E-state index contributed by atoms with van der Waals surface area (Å²) in [6.07, 6.45) is 8.11. The van der Waals surface area contributed by atoms with Gasteiger partial charge < -0.3 is 5.11 Å². The zero-order valence-corrected chi connectivity index (χ0v) is 14.9. The maximum atomic E-state index is 10.4. The summed E-state index contributed by atoms with van der Waals surface area (Å²) in [7, 11) is 0. The van der Waals surface area contributed by atoms with Gasteiger partial charge in [-0.05, 0) is 68.9 Å². The Kier molecular flexibility index (Phi) is 5.16. The highest BCUT2D eigenvalue weighted by Gasteiger charge is 2.38. The summed E-state index contributed by atoms with van der Waals surface area (Å²) < 4.78 is 0. The number of hydrogen-bond donors (Lipinski definition) is 1. The van der Waals surface area contributed by atoms with Crippen LogP contribution in [0.15, 0.2) is 0 Å². The molecule has 0 amide bonds. The Morgan fingerprint density at radius 3 is 2.18 bits per heavy atom. The van der Waals surface area contributed by atoms with Crippen molar-refractivity contribution in [2.75, 3.05) is 32.7 Å². The number of aliphatic hydroxyl groups is 1. The van der Waals surface area contributed by atoms with Crippen molar-refractivity contribution in [3.8, 4) is 0 Å². The van der Waals surface area contributed by atoms with Crippen LogP contribution in [0.1, 0.15) is 59.3 Å². The smallest absolute Gasteiger partial charge is 0.0834 e. The number of rotatable bonds is 3. The first-order chi connectivity index (χ1) is 10.4. The summed E-state index contributed by atoms with van der Waals surface area (Å²) in [4.78, 5) is 5.08. The van der Waals surface area contributed by atoms with Gasteiger partial charge in [0.1, 0.15) is 0 Å². The molecular formula is C19H36N2O. The number of aliphatic hydroxyl groups excluding tert-OH is 1. The molecule has 0 spiro atoms. The van der Waals surface area contributed by atoms with Gasteiger partial charge in [-0.2, -0.15) is 0 Å². The molecule has 0 radical (unpaired) electrons. The third-order valence-electron chi connectivity index (χ3n) is 6.53. The van der Waals surface area contributed by atoms with Crippen LogP contribution < -0.4 is 0 Å². The third-order valence-corrected chi connectivity index (χ3v) is 6.53. The molecule has 3 aliphatic rings. The van der Waals surface area contributed by atoms with E-state index >= 15 is 0 Å². The second-order valence-corrected chi connectivity index (χ2v) is 9.18. The maximum absolute atomic E-state index is 10.4. The minimum atomic E-state index is -0.121. The molecule has 1 saturated carbocycles. The molecule has 2 heterocycles. The lowest BCUT2D eigenvalue weighted by Crippen LogP contribution is -2.41. The minimum Gasteiger partial charge on any atom is -0.390 e. The van der Waals surface area contributed by atoms with E-state index in [0.717, 1.165) is 24.9 Å². The van der Waals surface area contributed by atoms with Crippen LogP contribution in [0.3, 0.4) is 0 Å². The van der Waals surface area contributed by atoms with E-state index in [1.54, 1.807) is 0 Å². The molecule has 2 saturated heterocycles. The molecule has 3 rings (SSSR count). The summed E-state index contributed by atoms with van der Waals surface area (Å²) in [6, 6.07) is 0.411. The van der Waals surface area contributed by atoms with Gasteiger partial charge >= 0.3 is 0 Å². The van der Waals surface area contributed by atoms with Crippen molar-refractivity contribution < 1.29 is 5.11 Å². The van der Waals surface area contributed by atoms with Gasteiger partial charge in [0.2, 0.25) is 0 Å². The van der Waals surface area contributed by atoms with E-state index in [1.165, 1.54) is 58.2 Å². The Morgan fingerprint density at radius 1 is 0.955 bits per heavy atom. The molecule has 2 atom stereocenters. The van der Waals surface area contributed by atoms with E-state index in [4.69, 9.17) is 0 Å². The molecule has 2 aliphatic heterocycles. The zero-order valence-electron chi connectivity index (χ0n) is 14.9. The topological polar surface area (TPSA) is 26.7 Å². The first-order valence-electron chi connectivity index (χ1n) is 9.58. The van der Waals surface area contributed by atoms with Crippen LogP contribution in [0.25, 0.3) is 0 Å². The van der Waals surface area contributed by atoms with E-state index in [0.29, 0.717) is 11.5 Å². The predicted molar refractivity (Wildman–Crippen MR) is 91.9 cm³/mol. The van der Waals surface area contributed by atoms with Crippen molar-refractivity contribution in [3.63, 3.8) is 0 Å². The van der Waals surface area contributed by atoms with Crippen LogP contribution in [-0.2, 0) is 0 Å². The molecule has 0 aromatic rings. The first kappa shape index (κ1) is 16.7. The number of hydrogen-bond acceptors (Lipinski definition) is 3. The molecule has 3 nitrogen and oxygen atoms in total. The Labute approximate surface area is 137 Å². The van der Waals surface area contributed by atoms with E-state index in [2.05, 4.69) is 30.6 Å². The highest BCUT2D eigenvalue weighted by molar-refractivity contribution is 4.93. The predicted octanol–water partition coefficient (Wildman–Crippen LogP) is 2.98. The van der Waals surface area contributed by atoms with Crippen molar-refractivity contribution >= 4 is 0 Å². The second-order valence-electron chi connectivity index (χ2n) is 9.18. The number of nitrogens with zero attached hydrogens (tertiary/aromatic N) is 2. The van der Waals surface area contributed by atoms with Gasteiger partial charge in [0, 0.05) is 25.7 Å². The quantitative estimate of drug-likeness (QED) is 0.868. The highest BCUT2D eigenvalue weighted by Crippen LogP contribution is 2.40. The Morgan fingerprint density at radius 2 is 1.59 bits per heavy atom. The van der Waals surface area contributed by atoms with Gasteiger partial charge in [-0.3, -0.25) is 9.80 Å². The molecule has 128 valence electrons. The highest BCUT2D eigenvalue weighted by atomic mass is 16.3. The molecule has 3 fully saturated rings. The van der Waals surface area contributed by atoms with Crippen LogP contribution in [0.5, 0.6) is 0 Å². The maximum Gasteiger partial charge on any atom is 0.0834 e. The van der Waals surface area contributed by atoms with Crippen molar-refractivity contribution in [2.24, 2.45) is 17.3 Å². The van der Waals surface area contributed by atoms with E-state index in [9.17, 15) is 5.11 Å². The molecule has 0 aromatic carbocycles. The van der Waals surface area contributed by atoms with E-state index in [-0.39, 0.29) is 6.10 Å². The molecule has 0 bridgehead atoms. The number of β-amino-alcohol motifs (C(OH)–C–C–N with tert-alkyl or cyclic N) is 1. The van der Waals surface area contributed by atoms with Gasteiger partial charge in [0.05, 0.1) is 6.10 Å². The Balaban J connectivity index is 1.45. The lowest BCUT2D eigenvalue weighted by Gasteiger charge is -2.38. The summed E-state index contributed by atoms with van der Waals surface area (Å²) in [5.74, 6) is 1.77. The fourth-order valence-corrected chi connectivity index (χ4v) is 5.00. The summed E-state index contributed by atoms with van der Waals surface area (Å²) in [6.45, 7) is 12.8. The van der Waals surface area contributed by atoms with Crippen molar-refractivity contribution in [2.45, 2.75) is 71.4 Å². The summed E-state index contributed by atoms with van der Waals surface area (Å²) >= 11 is 0. The van der Waals surface area contributed by atoms with E-state index in [1.807, 2.05) is 0 Å². The van der Waals surface area contributed by atoms with Crippen LogP contribution in [0, 0.1) is 17.3 Å². The average Bonchev–Trinajstić information content (AvgIpc) is 3.08. The molecule has 0 unspecified atom stereocenters. The summed E-state index contributed by atoms with van der Waals surface area (Å²) in [5.41, 5.74) is 0.482. The van der Waals surface area contributed by atoms with Crippen LogP contribution in [0.2, 0.25) is 0 Å². The molecule has 0 aromatic heterocycles. The van der Waals surface area contributed by atoms with Gasteiger partial charge in [-0.15, -0.1) is 0 Å². The zero-order chi connectivity index (χ0) is 15.7. The van der Waals surface area contributed by atoms with Crippen LogP contribution in [0.4, 0.5) is 0 Å². The third kappa shape index (κ3) is 3.85. The standard InChI is InChI=1S/C19H36N2O/c1-19(2,3)16-8-6-15(7-9-16)12-20-13-17(18(22)14-20)21-10-4-5-11-21/h15-18,22H,4-14H2,1-3H3/t15?,16?,17-,18-/m0/s1. The second kappa shape index (κ2) is 6.78. The molecule has 22 heavy (non-hydrogen) atoms. The monoisotopic (exact) mass is 308 g/mol. The summed E-state index contributed by atoms with van der Waals surface area (Å²) in [5, 5.41) is 10.4. The fraction of sp³-hybridized carbons (Fsp3) is 1.00. The lowest BCUT2D eigenvalue weighted by atomic mass is 9.70.